The maximum atomic E-state index is 13.3. The summed E-state index contributed by atoms with van der Waals surface area (Å²) >= 11 is 0. The standard InChI is InChI=1S/C20H20FN3O3/c1-12-2-3-14(8-22-12)20(26)24-10-16(13-4-6-15(21)7-5-13)19-17(24)9-23-18(25)11-27-19/h2-8,16-17,19H,9-11H2,1H3,(H,23,25)/t16-,17-,19-/m1/s1. The summed E-state index contributed by atoms with van der Waals surface area (Å²) in [5.41, 5.74) is 2.22. The van der Waals surface area contributed by atoms with Crippen LogP contribution in [0.4, 0.5) is 4.39 Å². The Labute approximate surface area is 156 Å². The smallest absolute Gasteiger partial charge is 0.255 e. The quantitative estimate of drug-likeness (QED) is 0.874. The van der Waals surface area contributed by atoms with E-state index in [4.69, 9.17) is 4.74 Å². The molecular weight excluding hydrogens is 349 g/mol. The van der Waals surface area contributed by atoms with Gasteiger partial charge in [0, 0.05) is 30.9 Å². The van der Waals surface area contributed by atoms with Crippen LogP contribution in [-0.2, 0) is 9.53 Å². The number of hydrogen-bond acceptors (Lipinski definition) is 4. The summed E-state index contributed by atoms with van der Waals surface area (Å²) in [5.74, 6) is -0.801. The summed E-state index contributed by atoms with van der Waals surface area (Å²) in [6, 6.07) is 9.48. The largest absolute Gasteiger partial charge is 0.365 e. The number of nitrogens with zero attached hydrogens (tertiary/aromatic N) is 2. The van der Waals surface area contributed by atoms with Gasteiger partial charge in [-0.1, -0.05) is 12.1 Å². The first kappa shape index (κ1) is 17.6. The van der Waals surface area contributed by atoms with Gasteiger partial charge in [-0.25, -0.2) is 4.39 Å². The predicted molar refractivity (Wildman–Crippen MR) is 95.7 cm³/mol. The SMILES string of the molecule is Cc1ccc(C(=O)N2C[C@H](c3ccc(F)cc3)[C@H]3OCC(=O)NC[C@H]32)cn1. The number of aromatic nitrogens is 1. The second-order valence-corrected chi connectivity index (χ2v) is 6.95. The molecule has 0 spiro atoms. The van der Waals surface area contributed by atoms with E-state index in [9.17, 15) is 14.0 Å². The molecule has 140 valence electrons. The molecule has 7 heteroatoms. The van der Waals surface area contributed by atoms with Crippen molar-refractivity contribution < 1.29 is 18.7 Å². The average Bonchev–Trinajstić information content (AvgIpc) is 2.92. The van der Waals surface area contributed by atoms with Crippen LogP contribution in [0.3, 0.4) is 0 Å². The molecule has 1 aromatic heterocycles. The van der Waals surface area contributed by atoms with Crippen LogP contribution >= 0.6 is 0 Å². The Morgan fingerprint density at radius 2 is 2.04 bits per heavy atom. The number of carbonyl (C=O) groups is 2. The molecule has 27 heavy (non-hydrogen) atoms. The molecule has 3 heterocycles. The molecule has 0 bridgehead atoms. The van der Waals surface area contributed by atoms with Gasteiger partial charge in [0.1, 0.15) is 12.4 Å². The van der Waals surface area contributed by atoms with Crippen LogP contribution in [0.15, 0.2) is 42.6 Å². The van der Waals surface area contributed by atoms with Gasteiger partial charge in [-0.15, -0.1) is 0 Å². The molecule has 4 rings (SSSR count). The molecule has 0 unspecified atom stereocenters. The average molecular weight is 369 g/mol. The van der Waals surface area contributed by atoms with Crippen LogP contribution in [0.5, 0.6) is 0 Å². The molecule has 6 nitrogen and oxygen atoms in total. The normalized spacial score (nSPS) is 24.9. The number of ether oxygens (including phenoxy) is 1. The van der Waals surface area contributed by atoms with E-state index in [1.54, 1.807) is 35.4 Å². The Morgan fingerprint density at radius 3 is 2.74 bits per heavy atom. The van der Waals surface area contributed by atoms with Crippen molar-refractivity contribution in [2.75, 3.05) is 19.7 Å². The fourth-order valence-corrected chi connectivity index (χ4v) is 3.79. The summed E-state index contributed by atoms with van der Waals surface area (Å²) in [7, 11) is 0. The van der Waals surface area contributed by atoms with Crippen LogP contribution in [0.2, 0.25) is 0 Å². The molecule has 2 amide bonds. The molecule has 0 aliphatic carbocycles. The van der Waals surface area contributed by atoms with Gasteiger partial charge in [0.2, 0.25) is 5.91 Å². The molecular formula is C20H20FN3O3. The van der Waals surface area contributed by atoms with E-state index in [-0.39, 0.29) is 42.3 Å². The van der Waals surface area contributed by atoms with Crippen molar-refractivity contribution in [3.8, 4) is 0 Å². The van der Waals surface area contributed by atoms with E-state index in [1.165, 1.54) is 12.1 Å². The van der Waals surface area contributed by atoms with Crippen LogP contribution in [-0.4, -0.2) is 53.5 Å². The summed E-state index contributed by atoms with van der Waals surface area (Å²) < 4.78 is 19.2. The first-order chi connectivity index (χ1) is 13.0. The van der Waals surface area contributed by atoms with Gasteiger partial charge in [-0.3, -0.25) is 14.6 Å². The summed E-state index contributed by atoms with van der Waals surface area (Å²) in [6.07, 6.45) is 1.23. The van der Waals surface area contributed by atoms with Crippen molar-refractivity contribution in [3.63, 3.8) is 0 Å². The molecule has 3 atom stereocenters. The number of nitrogens with one attached hydrogen (secondary N) is 1. The number of likely N-dealkylation sites (tertiary alicyclic amines) is 1. The number of pyridine rings is 1. The predicted octanol–water partition coefficient (Wildman–Crippen LogP) is 1.65. The van der Waals surface area contributed by atoms with Gasteiger partial charge in [-0.05, 0) is 36.8 Å². The van der Waals surface area contributed by atoms with E-state index in [2.05, 4.69) is 10.3 Å². The lowest BCUT2D eigenvalue weighted by Crippen LogP contribution is -2.45. The lowest BCUT2D eigenvalue weighted by atomic mass is 9.93. The molecule has 2 aliphatic rings. The molecule has 1 aromatic carbocycles. The minimum absolute atomic E-state index is 0.0486. The zero-order chi connectivity index (χ0) is 19.0. The third-order valence-electron chi connectivity index (χ3n) is 5.20. The topological polar surface area (TPSA) is 71.5 Å². The first-order valence-corrected chi connectivity index (χ1v) is 8.90. The van der Waals surface area contributed by atoms with Gasteiger partial charge in [-0.2, -0.15) is 0 Å². The summed E-state index contributed by atoms with van der Waals surface area (Å²) in [4.78, 5) is 30.8. The van der Waals surface area contributed by atoms with E-state index in [0.29, 0.717) is 18.7 Å². The van der Waals surface area contributed by atoms with Crippen LogP contribution in [0, 0.1) is 12.7 Å². The third kappa shape index (κ3) is 3.42. The zero-order valence-electron chi connectivity index (χ0n) is 14.9. The van der Waals surface area contributed by atoms with E-state index in [0.717, 1.165) is 11.3 Å². The Hall–Kier alpha value is -2.80. The van der Waals surface area contributed by atoms with Crippen LogP contribution < -0.4 is 5.32 Å². The van der Waals surface area contributed by atoms with Crippen LogP contribution in [0.25, 0.3) is 0 Å². The zero-order valence-corrected chi connectivity index (χ0v) is 14.9. The highest BCUT2D eigenvalue weighted by atomic mass is 19.1. The lowest BCUT2D eigenvalue weighted by Gasteiger charge is -2.26. The number of carbonyl (C=O) groups excluding carboxylic acids is 2. The molecule has 0 saturated carbocycles. The number of aryl methyl sites for hydroxylation is 1. The first-order valence-electron chi connectivity index (χ1n) is 8.90. The maximum absolute atomic E-state index is 13.3. The number of rotatable bonds is 2. The molecule has 2 aromatic rings. The third-order valence-corrected chi connectivity index (χ3v) is 5.20. The van der Waals surface area contributed by atoms with E-state index >= 15 is 0 Å². The Balaban J connectivity index is 1.66. The van der Waals surface area contributed by atoms with E-state index < -0.39 is 0 Å². The number of fused-ring (bicyclic) bond motifs is 1. The van der Waals surface area contributed by atoms with Gasteiger partial charge < -0.3 is 15.0 Å². The number of benzene rings is 1. The fourth-order valence-electron chi connectivity index (χ4n) is 3.79. The van der Waals surface area contributed by atoms with Crippen molar-refractivity contribution in [1.82, 2.24) is 15.2 Å². The van der Waals surface area contributed by atoms with E-state index in [1.807, 2.05) is 6.92 Å². The summed E-state index contributed by atoms with van der Waals surface area (Å²) in [6.45, 7) is 2.57. The Morgan fingerprint density at radius 1 is 1.26 bits per heavy atom. The summed E-state index contributed by atoms with van der Waals surface area (Å²) in [5, 5.41) is 2.81. The number of halogens is 1. The van der Waals surface area contributed by atoms with Gasteiger partial charge in [0.25, 0.3) is 5.91 Å². The van der Waals surface area contributed by atoms with Crippen molar-refractivity contribution in [2.24, 2.45) is 0 Å². The van der Waals surface area contributed by atoms with Crippen molar-refractivity contribution in [3.05, 3.63) is 65.2 Å². The van der Waals surface area contributed by atoms with Crippen molar-refractivity contribution >= 4 is 11.8 Å². The molecule has 2 aliphatic heterocycles. The highest BCUT2D eigenvalue weighted by molar-refractivity contribution is 5.94. The van der Waals surface area contributed by atoms with Crippen molar-refractivity contribution in [2.45, 2.75) is 25.0 Å². The Kier molecular flexibility index (Phi) is 4.61. The monoisotopic (exact) mass is 369 g/mol. The number of amides is 2. The minimum Gasteiger partial charge on any atom is -0.365 e. The van der Waals surface area contributed by atoms with Crippen LogP contribution in [0.1, 0.15) is 27.5 Å². The van der Waals surface area contributed by atoms with Gasteiger partial charge >= 0.3 is 0 Å². The Bertz CT molecular complexity index is 854. The van der Waals surface area contributed by atoms with Crippen molar-refractivity contribution in [1.29, 1.82) is 0 Å². The highest BCUT2D eigenvalue weighted by Gasteiger charge is 2.46. The number of hydrogen-bond donors (Lipinski definition) is 1. The maximum Gasteiger partial charge on any atom is 0.255 e. The molecule has 2 saturated heterocycles. The fraction of sp³-hybridized carbons (Fsp3) is 0.350. The molecule has 0 radical (unpaired) electrons. The second-order valence-electron chi connectivity index (χ2n) is 6.95. The highest BCUT2D eigenvalue weighted by Crippen LogP contribution is 2.36. The van der Waals surface area contributed by atoms with Gasteiger partial charge in [0.05, 0.1) is 17.7 Å². The lowest BCUT2D eigenvalue weighted by molar-refractivity contribution is -0.125. The molecule has 2 fully saturated rings. The minimum atomic E-state index is -0.336. The second kappa shape index (κ2) is 7.08. The van der Waals surface area contributed by atoms with Gasteiger partial charge in [0.15, 0.2) is 0 Å². The molecule has 1 N–H and O–H groups in total.